The van der Waals surface area contributed by atoms with E-state index in [2.05, 4.69) is 9.97 Å². The number of amides is 1. The summed E-state index contributed by atoms with van der Waals surface area (Å²) in [6.45, 7) is -0.0332. The van der Waals surface area contributed by atoms with Crippen molar-refractivity contribution in [3.05, 3.63) is 30.5 Å². The zero-order valence-corrected chi connectivity index (χ0v) is 10.2. The molecule has 0 fully saturated rings. The number of ether oxygens (including phenoxy) is 2. The fourth-order valence-electron chi connectivity index (χ4n) is 1.79. The second kappa shape index (κ2) is 4.57. The number of aromatic nitrogens is 2. The first-order valence-corrected chi connectivity index (χ1v) is 5.67. The van der Waals surface area contributed by atoms with Gasteiger partial charge in [-0.1, -0.05) is 0 Å². The van der Waals surface area contributed by atoms with Gasteiger partial charge >= 0.3 is 6.09 Å². The van der Waals surface area contributed by atoms with Gasteiger partial charge in [-0.15, -0.1) is 0 Å². The van der Waals surface area contributed by atoms with Crippen LogP contribution >= 0.6 is 0 Å². The molecule has 1 aliphatic rings. The Hall–Kier alpha value is -3.03. The van der Waals surface area contributed by atoms with Gasteiger partial charge in [-0.3, -0.25) is 0 Å². The number of nitrogens with zero attached hydrogens (tertiary/aromatic N) is 3. The van der Waals surface area contributed by atoms with Crippen molar-refractivity contribution in [1.82, 2.24) is 9.97 Å². The fourth-order valence-corrected chi connectivity index (χ4v) is 1.79. The number of rotatable bonds is 2. The number of hydrogen-bond donors (Lipinski definition) is 2. The number of hydrogen-bond acceptors (Lipinski definition) is 6. The van der Waals surface area contributed by atoms with Crippen molar-refractivity contribution in [3.8, 4) is 17.4 Å². The standard InChI is InChI=1S/C12H10N4O4/c13-11-14-4-3-10(15-11)20-7-1-2-8-9(5-7)19-6-16(8)12(17)18/h1-5H,6H2,(H,17,18)(H2,13,14,15). The molecule has 3 rings (SSSR count). The molecule has 0 spiro atoms. The van der Waals surface area contributed by atoms with Gasteiger partial charge in [-0.05, 0) is 12.1 Å². The Kier molecular flexibility index (Phi) is 2.75. The van der Waals surface area contributed by atoms with Gasteiger partial charge in [0.15, 0.2) is 6.73 Å². The molecule has 2 aromatic rings. The van der Waals surface area contributed by atoms with Crippen LogP contribution in [0, 0.1) is 0 Å². The van der Waals surface area contributed by atoms with Gasteiger partial charge in [-0.25, -0.2) is 14.7 Å². The van der Waals surface area contributed by atoms with E-state index in [0.717, 1.165) is 4.90 Å². The molecular formula is C12H10N4O4. The number of nitrogens with two attached hydrogens (primary N) is 1. The van der Waals surface area contributed by atoms with E-state index in [1.54, 1.807) is 24.3 Å². The number of fused-ring (bicyclic) bond motifs is 1. The molecule has 1 aromatic heterocycles. The van der Waals surface area contributed by atoms with E-state index in [1.807, 2.05) is 0 Å². The normalized spacial score (nSPS) is 12.7. The Morgan fingerprint density at radius 2 is 2.30 bits per heavy atom. The maximum atomic E-state index is 11.0. The molecule has 3 N–H and O–H groups in total. The first kappa shape index (κ1) is 12.0. The lowest BCUT2D eigenvalue weighted by molar-refractivity contribution is 0.197. The molecule has 0 bridgehead atoms. The predicted octanol–water partition coefficient (Wildman–Crippen LogP) is 1.69. The maximum absolute atomic E-state index is 11.0. The van der Waals surface area contributed by atoms with Crippen LogP contribution in [0.1, 0.15) is 0 Å². The van der Waals surface area contributed by atoms with Crippen molar-refractivity contribution in [2.45, 2.75) is 0 Å². The average molecular weight is 274 g/mol. The average Bonchev–Trinajstić information content (AvgIpc) is 2.82. The van der Waals surface area contributed by atoms with Crippen LogP contribution in [0.3, 0.4) is 0 Å². The molecule has 0 radical (unpaired) electrons. The Morgan fingerprint density at radius 1 is 1.45 bits per heavy atom. The first-order chi connectivity index (χ1) is 9.63. The Morgan fingerprint density at radius 3 is 3.05 bits per heavy atom. The summed E-state index contributed by atoms with van der Waals surface area (Å²) in [5.74, 6) is 1.31. The third-order valence-corrected chi connectivity index (χ3v) is 2.67. The summed E-state index contributed by atoms with van der Waals surface area (Å²) in [6.07, 6.45) is 0.411. The molecular weight excluding hydrogens is 264 g/mol. The molecule has 1 aromatic carbocycles. The summed E-state index contributed by atoms with van der Waals surface area (Å²) in [4.78, 5) is 19.7. The molecule has 8 heteroatoms. The van der Waals surface area contributed by atoms with Gasteiger partial charge in [0.1, 0.15) is 11.5 Å². The Labute approximate surface area is 113 Å². The smallest absolute Gasteiger partial charge is 0.414 e. The molecule has 0 saturated heterocycles. The van der Waals surface area contributed by atoms with E-state index in [0.29, 0.717) is 23.1 Å². The minimum Gasteiger partial charge on any atom is -0.470 e. The van der Waals surface area contributed by atoms with Crippen molar-refractivity contribution in [1.29, 1.82) is 0 Å². The molecule has 0 atom stereocenters. The summed E-state index contributed by atoms with van der Waals surface area (Å²) >= 11 is 0. The van der Waals surface area contributed by atoms with Crippen LogP contribution in [-0.2, 0) is 0 Å². The first-order valence-electron chi connectivity index (χ1n) is 5.67. The molecule has 20 heavy (non-hydrogen) atoms. The van der Waals surface area contributed by atoms with E-state index in [4.69, 9.17) is 20.3 Å². The lowest BCUT2D eigenvalue weighted by Gasteiger charge is -2.09. The molecule has 2 heterocycles. The third-order valence-electron chi connectivity index (χ3n) is 2.67. The van der Waals surface area contributed by atoms with E-state index in [1.165, 1.54) is 6.20 Å². The lowest BCUT2D eigenvalue weighted by Crippen LogP contribution is -2.27. The van der Waals surface area contributed by atoms with Crippen molar-refractivity contribution >= 4 is 17.7 Å². The minimum absolute atomic E-state index is 0.0332. The Bertz CT molecular complexity index is 676. The lowest BCUT2D eigenvalue weighted by atomic mass is 10.2. The van der Waals surface area contributed by atoms with E-state index < -0.39 is 6.09 Å². The van der Waals surface area contributed by atoms with Crippen LogP contribution in [0.2, 0.25) is 0 Å². The molecule has 0 unspecified atom stereocenters. The minimum atomic E-state index is -1.07. The van der Waals surface area contributed by atoms with E-state index >= 15 is 0 Å². The summed E-state index contributed by atoms with van der Waals surface area (Å²) < 4.78 is 10.8. The largest absolute Gasteiger partial charge is 0.470 e. The molecule has 1 aliphatic heterocycles. The van der Waals surface area contributed by atoms with Gasteiger partial charge in [-0.2, -0.15) is 4.98 Å². The number of benzene rings is 1. The summed E-state index contributed by atoms with van der Waals surface area (Å²) in [5.41, 5.74) is 5.93. The summed E-state index contributed by atoms with van der Waals surface area (Å²) in [7, 11) is 0. The number of nitrogen functional groups attached to an aromatic ring is 1. The zero-order chi connectivity index (χ0) is 14.1. The molecule has 102 valence electrons. The SMILES string of the molecule is Nc1nccc(Oc2ccc3c(c2)OCN3C(=O)O)n1. The van der Waals surface area contributed by atoms with Crippen LogP contribution in [0.4, 0.5) is 16.4 Å². The molecule has 0 saturated carbocycles. The van der Waals surface area contributed by atoms with Gasteiger partial charge in [0, 0.05) is 18.3 Å². The van der Waals surface area contributed by atoms with Crippen molar-refractivity contribution in [2.75, 3.05) is 17.4 Å². The van der Waals surface area contributed by atoms with Crippen molar-refractivity contribution < 1.29 is 19.4 Å². The summed E-state index contributed by atoms with van der Waals surface area (Å²) in [5, 5.41) is 8.98. The predicted molar refractivity (Wildman–Crippen MR) is 69.0 cm³/mol. The van der Waals surface area contributed by atoms with Gasteiger partial charge in [0.05, 0.1) is 5.69 Å². The quantitative estimate of drug-likeness (QED) is 0.856. The van der Waals surface area contributed by atoms with Crippen molar-refractivity contribution in [2.24, 2.45) is 0 Å². The molecule has 1 amide bonds. The maximum Gasteiger partial charge on any atom is 0.414 e. The van der Waals surface area contributed by atoms with Gasteiger partial charge in [0.2, 0.25) is 11.8 Å². The highest BCUT2D eigenvalue weighted by Crippen LogP contribution is 2.37. The van der Waals surface area contributed by atoms with E-state index in [9.17, 15) is 4.79 Å². The van der Waals surface area contributed by atoms with Crippen LogP contribution in [0.15, 0.2) is 30.5 Å². The van der Waals surface area contributed by atoms with Crippen LogP contribution < -0.4 is 20.1 Å². The topological polar surface area (TPSA) is 111 Å². The second-order valence-corrected chi connectivity index (χ2v) is 3.97. The summed E-state index contributed by atoms with van der Waals surface area (Å²) in [6, 6.07) is 6.39. The van der Waals surface area contributed by atoms with Crippen LogP contribution in [0.25, 0.3) is 0 Å². The van der Waals surface area contributed by atoms with Crippen LogP contribution in [-0.4, -0.2) is 27.9 Å². The fraction of sp³-hybridized carbons (Fsp3) is 0.0833. The number of anilines is 2. The van der Waals surface area contributed by atoms with Crippen molar-refractivity contribution in [3.63, 3.8) is 0 Å². The van der Waals surface area contributed by atoms with E-state index in [-0.39, 0.29) is 12.7 Å². The molecule has 0 aliphatic carbocycles. The highest BCUT2D eigenvalue weighted by Gasteiger charge is 2.26. The second-order valence-electron chi connectivity index (χ2n) is 3.97. The van der Waals surface area contributed by atoms with Gasteiger partial charge in [0.25, 0.3) is 0 Å². The Balaban J connectivity index is 1.85. The molecule has 8 nitrogen and oxygen atoms in total. The van der Waals surface area contributed by atoms with Crippen LogP contribution in [0.5, 0.6) is 17.4 Å². The zero-order valence-electron chi connectivity index (χ0n) is 10.2. The monoisotopic (exact) mass is 274 g/mol. The number of carbonyl (C=O) groups is 1. The third kappa shape index (κ3) is 2.14. The van der Waals surface area contributed by atoms with Gasteiger partial charge < -0.3 is 20.3 Å². The highest BCUT2D eigenvalue weighted by molar-refractivity contribution is 5.89. The number of carboxylic acid groups (broad SMARTS) is 1. The highest BCUT2D eigenvalue weighted by atomic mass is 16.5.